The number of rotatable bonds is 6. The molecule has 1 aromatic rings. The summed E-state index contributed by atoms with van der Waals surface area (Å²) >= 11 is 11.4. The van der Waals surface area contributed by atoms with Crippen molar-refractivity contribution < 1.29 is 9.53 Å². The van der Waals surface area contributed by atoms with Gasteiger partial charge in [0.2, 0.25) is 0 Å². The van der Waals surface area contributed by atoms with Crippen molar-refractivity contribution in [3.8, 4) is 5.75 Å². The predicted molar refractivity (Wildman–Crippen MR) is 74.5 cm³/mol. The topological polar surface area (TPSA) is 29.5 Å². The number of hydrogen-bond acceptors (Lipinski definition) is 2. The molecule has 0 fully saturated rings. The number of alkyl halides is 1. The molecule has 0 unspecified atom stereocenters. The summed E-state index contributed by atoms with van der Waals surface area (Å²) < 4.78 is 5.41. The van der Waals surface area contributed by atoms with Gasteiger partial charge in [-0.1, -0.05) is 11.6 Å². The molecule has 0 saturated heterocycles. The van der Waals surface area contributed by atoms with Gasteiger partial charge in [-0.2, -0.15) is 0 Å². The number of halogens is 2. The minimum absolute atomic E-state index is 0.0106. The summed E-state index contributed by atoms with van der Waals surface area (Å²) in [4.78, 5) is 13.6. The van der Waals surface area contributed by atoms with E-state index in [-0.39, 0.29) is 18.6 Å². The largest absolute Gasteiger partial charge is 0.484 e. The van der Waals surface area contributed by atoms with Crippen molar-refractivity contribution in [2.75, 3.05) is 19.0 Å². The van der Waals surface area contributed by atoms with E-state index in [1.165, 1.54) is 0 Å². The molecule has 1 amide bonds. The van der Waals surface area contributed by atoms with Crippen LogP contribution in [0.1, 0.15) is 13.8 Å². The summed E-state index contributed by atoms with van der Waals surface area (Å²) in [6, 6.07) is 7.03. The summed E-state index contributed by atoms with van der Waals surface area (Å²) in [7, 11) is 0. The van der Waals surface area contributed by atoms with Crippen LogP contribution in [0.25, 0.3) is 0 Å². The lowest BCUT2D eigenvalue weighted by Gasteiger charge is -2.25. The first-order chi connectivity index (χ1) is 8.54. The Labute approximate surface area is 118 Å². The number of hydrogen-bond donors (Lipinski definition) is 0. The van der Waals surface area contributed by atoms with Crippen LogP contribution in [-0.4, -0.2) is 35.9 Å². The zero-order chi connectivity index (χ0) is 13.5. The van der Waals surface area contributed by atoms with E-state index in [0.29, 0.717) is 23.2 Å². The molecule has 0 atom stereocenters. The average Bonchev–Trinajstić information content (AvgIpc) is 2.34. The van der Waals surface area contributed by atoms with Crippen LogP contribution in [0, 0.1) is 0 Å². The highest BCUT2D eigenvalue weighted by Gasteiger charge is 2.16. The quantitative estimate of drug-likeness (QED) is 0.753. The van der Waals surface area contributed by atoms with Gasteiger partial charge in [-0.15, -0.1) is 11.6 Å². The highest BCUT2D eigenvalue weighted by Crippen LogP contribution is 2.15. The van der Waals surface area contributed by atoms with Crippen molar-refractivity contribution >= 4 is 29.1 Å². The van der Waals surface area contributed by atoms with Crippen molar-refractivity contribution in [1.82, 2.24) is 4.90 Å². The molecular weight excluding hydrogens is 273 g/mol. The van der Waals surface area contributed by atoms with Crippen molar-refractivity contribution in [3.05, 3.63) is 29.3 Å². The summed E-state index contributed by atoms with van der Waals surface area (Å²) in [6.45, 7) is 4.44. The fraction of sp³-hybridized carbons (Fsp3) is 0.462. The Bertz CT molecular complexity index is 379. The van der Waals surface area contributed by atoms with Crippen molar-refractivity contribution in [1.29, 1.82) is 0 Å². The molecule has 0 aliphatic heterocycles. The van der Waals surface area contributed by atoms with Crippen LogP contribution in [-0.2, 0) is 4.79 Å². The Morgan fingerprint density at radius 2 is 1.94 bits per heavy atom. The third kappa shape index (κ3) is 4.75. The Morgan fingerprint density at radius 3 is 2.44 bits per heavy atom. The van der Waals surface area contributed by atoms with Gasteiger partial charge >= 0.3 is 0 Å². The highest BCUT2D eigenvalue weighted by molar-refractivity contribution is 6.30. The van der Waals surface area contributed by atoms with Crippen molar-refractivity contribution in [3.63, 3.8) is 0 Å². The maximum atomic E-state index is 11.9. The Kier molecular flexibility index (Phi) is 6.30. The summed E-state index contributed by atoms with van der Waals surface area (Å²) in [5.41, 5.74) is 0. The van der Waals surface area contributed by atoms with Crippen LogP contribution in [0.5, 0.6) is 5.75 Å². The normalized spacial score (nSPS) is 10.5. The molecule has 18 heavy (non-hydrogen) atoms. The second-order valence-corrected chi connectivity index (χ2v) is 4.93. The fourth-order valence-electron chi connectivity index (χ4n) is 1.52. The number of benzene rings is 1. The molecule has 1 aromatic carbocycles. The van der Waals surface area contributed by atoms with E-state index in [9.17, 15) is 4.79 Å². The number of carbonyl (C=O) groups is 1. The summed E-state index contributed by atoms with van der Waals surface area (Å²) in [6.07, 6.45) is 0. The molecule has 0 saturated carbocycles. The van der Waals surface area contributed by atoms with Crippen LogP contribution < -0.4 is 4.74 Å². The second kappa shape index (κ2) is 7.49. The van der Waals surface area contributed by atoms with Crippen LogP contribution in [0.4, 0.5) is 0 Å². The van der Waals surface area contributed by atoms with Gasteiger partial charge in [0.25, 0.3) is 5.91 Å². The maximum Gasteiger partial charge on any atom is 0.260 e. The molecule has 1 rings (SSSR count). The number of ether oxygens (including phenoxy) is 1. The monoisotopic (exact) mass is 289 g/mol. The van der Waals surface area contributed by atoms with Crippen LogP contribution in [0.3, 0.4) is 0 Å². The number of carbonyl (C=O) groups excluding carboxylic acids is 1. The summed E-state index contributed by atoms with van der Waals surface area (Å²) in [5, 5.41) is 0.639. The van der Waals surface area contributed by atoms with E-state index >= 15 is 0 Å². The molecule has 0 aromatic heterocycles. The molecule has 100 valence electrons. The standard InChI is InChI=1S/C13H17Cl2NO2/c1-10(2)16(8-7-14)13(17)9-18-12-5-3-11(15)4-6-12/h3-6,10H,7-9H2,1-2H3. The number of nitrogens with zero attached hydrogens (tertiary/aromatic N) is 1. The van der Waals surface area contributed by atoms with Gasteiger partial charge in [0.1, 0.15) is 5.75 Å². The lowest BCUT2D eigenvalue weighted by Crippen LogP contribution is -2.41. The molecule has 0 radical (unpaired) electrons. The van der Waals surface area contributed by atoms with E-state index in [0.717, 1.165) is 0 Å². The molecule has 0 aliphatic rings. The molecule has 0 N–H and O–H groups in total. The van der Waals surface area contributed by atoms with Crippen LogP contribution >= 0.6 is 23.2 Å². The zero-order valence-electron chi connectivity index (χ0n) is 10.5. The van der Waals surface area contributed by atoms with E-state index in [4.69, 9.17) is 27.9 Å². The molecule has 3 nitrogen and oxygen atoms in total. The first-order valence-corrected chi connectivity index (χ1v) is 6.69. The van der Waals surface area contributed by atoms with Gasteiger partial charge in [0, 0.05) is 23.5 Å². The maximum absolute atomic E-state index is 11.9. The van der Waals surface area contributed by atoms with Gasteiger partial charge in [-0.3, -0.25) is 4.79 Å². The van der Waals surface area contributed by atoms with Crippen LogP contribution in [0.2, 0.25) is 5.02 Å². The third-order valence-electron chi connectivity index (χ3n) is 2.45. The Morgan fingerprint density at radius 1 is 1.33 bits per heavy atom. The number of amides is 1. The van der Waals surface area contributed by atoms with Crippen molar-refractivity contribution in [2.45, 2.75) is 19.9 Å². The van der Waals surface area contributed by atoms with Gasteiger partial charge in [0.05, 0.1) is 0 Å². The Balaban J connectivity index is 2.51. The van der Waals surface area contributed by atoms with Gasteiger partial charge in [-0.25, -0.2) is 0 Å². The van der Waals surface area contributed by atoms with Crippen molar-refractivity contribution in [2.24, 2.45) is 0 Å². The van der Waals surface area contributed by atoms with Gasteiger partial charge in [0.15, 0.2) is 6.61 Å². The first kappa shape index (κ1) is 15.1. The fourth-order valence-corrected chi connectivity index (χ4v) is 1.83. The minimum atomic E-state index is -0.0689. The Hall–Kier alpha value is -0.930. The molecule has 0 heterocycles. The molecule has 5 heteroatoms. The molecule has 0 aliphatic carbocycles. The second-order valence-electron chi connectivity index (χ2n) is 4.11. The minimum Gasteiger partial charge on any atom is -0.484 e. The van der Waals surface area contributed by atoms with E-state index in [2.05, 4.69) is 0 Å². The van der Waals surface area contributed by atoms with E-state index in [1.54, 1.807) is 29.2 Å². The van der Waals surface area contributed by atoms with Gasteiger partial charge < -0.3 is 9.64 Å². The van der Waals surface area contributed by atoms with Crippen LogP contribution in [0.15, 0.2) is 24.3 Å². The SMILES string of the molecule is CC(C)N(CCCl)C(=O)COc1ccc(Cl)cc1. The zero-order valence-corrected chi connectivity index (χ0v) is 12.0. The van der Waals surface area contributed by atoms with Gasteiger partial charge in [-0.05, 0) is 38.1 Å². The predicted octanol–water partition coefficient (Wildman–Crippen LogP) is 3.19. The lowest BCUT2D eigenvalue weighted by atomic mass is 10.3. The third-order valence-corrected chi connectivity index (χ3v) is 2.87. The highest BCUT2D eigenvalue weighted by atomic mass is 35.5. The average molecular weight is 290 g/mol. The smallest absolute Gasteiger partial charge is 0.260 e. The van der Waals surface area contributed by atoms with E-state index in [1.807, 2.05) is 13.8 Å². The first-order valence-electron chi connectivity index (χ1n) is 5.78. The summed E-state index contributed by atoms with van der Waals surface area (Å²) in [5.74, 6) is 0.980. The molecular formula is C13H17Cl2NO2. The lowest BCUT2D eigenvalue weighted by molar-refractivity contribution is -0.134. The molecule has 0 bridgehead atoms. The van der Waals surface area contributed by atoms with E-state index < -0.39 is 0 Å². The molecule has 0 spiro atoms.